The Labute approximate surface area is 119 Å². The summed E-state index contributed by atoms with van der Waals surface area (Å²) in [6.45, 7) is 0.350. The fraction of sp³-hybridized carbons (Fsp3) is 0.214. The molecule has 0 bridgehead atoms. The van der Waals surface area contributed by atoms with Gasteiger partial charge < -0.3 is 4.90 Å². The van der Waals surface area contributed by atoms with Crippen molar-refractivity contribution in [1.82, 2.24) is 4.98 Å². The van der Waals surface area contributed by atoms with Gasteiger partial charge in [-0.3, -0.25) is 4.98 Å². The van der Waals surface area contributed by atoms with Gasteiger partial charge in [0.25, 0.3) is 0 Å². The molecule has 0 amide bonds. The Morgan fingerprint density at radius 1 is 1.21 bits per heavy atom. The van der Waals surface area contributed by atoms with Crippen LogP contribution in [0.15, 0.2) is 36.5 Å². The van der Waals surface area contributed by atoms with Crippen molar-refractivity contribution in [3.63, 3.8) is 0 Å². The molecule has 2 aromatic rings. The number of halogens is 3. The van der Waals surface area contributed by atoms with Crippen LogP contribution in [0.2, 0.25) is 0 Å². The molecule has 0 saturated heterocycles. The van der Waals surface area contributed by atoms with Gasteiger partial charge in [0.05, 0.1) is 12.2 Å². The van der Waals surface area contributed by atoms with Crippen molar-refractivity contribution >= 4 is 21.6 Å². The van der Waals surface area contributed by atoms with Gasteiger partial charge >= 0.3 is 0 Å². The predicted octanol–water partition coefficient (Wildman–Crippen LogP) is 3.89. The van der Waals surface area contributed by atoms with Crippen molar-refractivity contribution in [1.29, 1.82) is 0 Å². The minimum absolute atomic E-state index is 0.0321. The van der Waals surface area contributed by atoms with Crippen molar-refractivity contribution < 1.29 is 8.78 Å². The van der Waals surface area contributed by atoms with Crippen molar-refractivity contribution in [2.45, 2.75) is 11.9 Å². The number of anilines is 1. The van der Waals surface area contributed by atoms with Crippen LogP contribution in [0.25, 0.3) is 0 Å². The van der Waals surface area contributed by atoms with Gasteiger partial charge in [-0.1, -0.05) is 22.0 Å². The van der Waals surface area contributed by atoms with E-state index in [9.17, 15) is 8.78 Å². The zero-order valence-corrected chi connectivity index (χ0v) is 12.0. The second kappa shape index (κ2) is 6.10. The summed E-state index contributed by atoms with van der Waals surface area (Å²) in [4.78, 5) is 5.66. The Kier molecular flexibility index (Phi) is 4.47. The number of benzene rings is 1. The zero-order valence-electron chi connectivity index (χ0n) is 10.4. The van der Waals surface area contributed by atoms with Crippen molar-refractivity contribution in [2.75, 3.05) is 11.9 Å². The SMILES string of the molecule is CN(Cc1ccccn1)c1c(F)cc(CBr)cc1F. The summed E-state index contributed by atoms with van der Waals surface area (Å²) >= 11 is 3.18. The average molecular weight is 327 g/mol. The van der Waals surface area contributed by atoms with Gasteiger partial charge in [0, 0.05) is 18.6 Å². The van der Waals surface area contributed by atoms with Crippen LogP contribution in [0.1, 0.15) is 11.3 Å². The van der Waals surface area contributed by atoms with Crippen LogP contribution in [-0.4, -0.2) is 12.0 Å². The number of aromatic nitrogens is 1. The smallest absolute Gasteiger partial charge is 0.149 e. The maximum Gasteiger partial charge on any atom is 0.149 e. The van der Waals surface area contributed by atoms with Gasteiger partial charge in [-0.05, 0) is 29.8 Å². The molecule has 0 aliphatic heterocycles. The van der Waals surface area contributed by atoms with Gasteiger partial charge in [0.15, 0.2) is 0 Å². The summed E-state index contributed by atoms with van der Waals surface area (Å²) in [6, 6.07) is 8.13. The number of pyridine rings is 1. The highest BCUT2D eigenvalue weighted by molar-refractivity contribution is 9.08. The first-order valence-electron chi connectivity index (χ1n) is 5.76. The second-order valence-corrected chi connectivity index (χ2v) is 4.78. The zero-order chi connectivity index (χ0) is 13.8. The van der Waals surface area contributed by atoms with Gasteiger partial charge in [-0.25, -0.2) is 8.78 Å². The van der Waals surface area contributed by atoms with E-state index in [0.717, 1.165) is 5.69 Å². The highest BCUT2D eigenvalue weighted by atomic mass is 79.9. The molecule has 0 N–H and O–H groups in total. The fourth-order valence-corrected chi connectivity index (χ4v) is 2.20. The fourth-order valence-electron chi connectivity index (χ4n) is 1.87. The molecule has 0 aliphatic rings. The predicted molar refractivity (Wildman–Crippen MR) is 75.3 cm³/mol. The molecular formula is C14H13BrF2N2. The van der Waals surface area contributed by atoms with E-state index in [0.29, 0.717) is 17.4 Å². The molecule has 2 nitrogen and oxygen atoms in total. The summed E-state index contributed by atoms with van der Waals surface area (Å²) in [6.07, 6.45) is 1.66. The molecule has 1 heterocycles. The van der Waals surface area contributed by atoms with Gasteiger partial charge in [0.1, 0.15) is 17.3 Å². The Hall–Kier alpha value is -1.49. The standard InChI is InChI=1S/C14H13BrF2N2/c1-19(9-11-4-2-3-5-18-11)14-12(16)6-10(8-15)7-13(14)17/h2-7H,8-9H2,1H3. The largest absolute Gasteiger partial charge is 0.364 e. The number of nitrogens with zero attached hydrogens (tertiary/aromatic N) is 2. The summed E-state index contributed by atoms with van der Waals surface area (Å²) in [7, 11) is 1.64. The van der Waals surface area contributed by atoms with Crippen LogP contribution in [-0.2, 0) is 11.9 Å². The van der Waals surface area contributed by atoms with E-state index in [1.807, 2.05) is 12.1 Å². The molecule has 0 spiro atoms. The van der Waals surface area contributed by atoms with Crippen molar-refractivity contribution in [3.8, 4) is 0 Å². The van der Waals surface area contributed by atoms with Crippen molar-refractivity contribution in [3.05, 3.63) is 59.4 Å². The van der Waals surface area contributed by atoms with Crippen LogP contribution in [0.4, 0.5) is 14.5 Å². The van der Waals surface area contributed by atoms with E-state index in [1.165, 1.54) is 17.0 Å². The molecule has 1 aromatic carbocycles. The lowest BCUT2D eigenvalue weighted by Gasteiger charge is -2.20. The number of hydrogen-bond acceptors (Lipinski definition) is 2. The monoisotopic (exact) mass is 326 g/mol. The van der Waals surface area contributed by atoms with Crippen LogP contribution in [0.5, 0.6) is 0 Å². The molecule has 100 valence electrons. The van der Waals surface area contributed by atoms with E-state index < -0.39 is 11.6 Å². The summed E-state index contributed by atoms with van der Waals surface area (Å²) in [5.41, 5.74) is 1.30. The van der Waals surface area contributed by atoms with Crippen LogP contribution >= 0.6 is 15.9 Å². The Balaban J connectivity index is 2.26. The van der Waals surface area contributed by atoms with Crippen LogP contribution in [0, 0.1) is 11.6 Å². The molecule has 2 rings (SSSR count). The average Bonchev–Trinajstić information content (AvgIpc) is 2.38. The molecule has 0 unspecified atom stereocenters. The molecule has 19 heavy (non-hydrogen) atoms. The van der Waals surface area contributed by atoms with Crippen LogP contribution < -0.4 is 4.90 Å². The first kappa shape index (κ1) is 13.9. The molecule has 0 atom stereocenters. The van der Waals surface area contributed by atoms with Gasteiger partial charge in [0.2, 0.25) is 0 Å². The third kappa shape index (κ3) is 3.29. The van der Waals surface area contributed by atoms with E-state index in [2.05, 4.69) is 20.9 Å². The summed E-state index contributed by atoms with van der Waals surface area (Å²) in [5, 5.41) is 0.422. The Morgan fingerprint density at radius 2 is 1.89 bits per heavy atom. The normalized spacial score (nSPS) is 10.5. The molecule has 0 saturated carbocycles. The maximum absolute atomic E-state index is 13.9. The van der Waals surface area contributed by atoms with E-state index in [1.54, 1.807) is 19.3 Å². The minimum Gasteiger partial charge on any atom is -0.364 e. The summed E-state index contributed by atoms with van der Waals surface area (Å²) in [5.74, 6) is -1.12. The quantitative estimate of drug-likeness (QED) is 0.792. The van der Waals surface area contributed by atoms with E-state index >= 15 is 0 Å². The highest BCUT2D eigenvalue weighted by Crippen LogP contribution is 2.26. The molecular weight excluding hydrogens is 314 g/mol. The highest BCUT2D eigenvalue weighted by Gasteiger charge is 2.15. The third-order valence-corrected chi connectivity index (χ3v) is 3.39. The lowest BCUT2D eigenvalue weighted by atomic mass is 10.2. The third-order valence-electron chi connectivity index (χ3n) is 2.74. The molecule has 0 aliphatic carbocycles. The molecule has 1 aromatic heterocycles. The number of rotatable bonds is 4. The lowest BCUT2D eigenvalue weighted by molar-refractivity contribution is 0.574. The van der Waals surface area contributed by atoms with E-state index in [-0.39, 0.29) is 5.69 Å². The Morgan fingerprint density at radius 3 is 2.42 bits per heavy atom. The van der Waals surface area contributed by atoms with Crippen molar-refractivity contribution in [2.24, 2.45) is 0 Å². The lowest BCUT2D eigenvalue weighted by Crippen LogP contribution is -2.20. The van der Waals surface area contributed by atoms with Gasteiger partial charge in [-0.15, -0.1) is 0 Å². The molecule has 5 heteroatoms. The first-order chi connectivity index (χ1) is 9.11. The van der Waals surface area contributed by atoms with E-state index in [4.69, 9.17) is 0 Å². The number of alkyl halides is 1. The topological polar surface area (TPSA) is 16.1 Å². The van der Waals surface area contributed by atoms with Gasteiger partial charge in [-0.2, -0.15) is 0 Å². The Bertz CT molecular complexity index is 538. The maximum atomic E-state index is 13.9. The molecule has 0 fully saturated rings. The minimum atomic E-state index is -0.562. The number of hydrogen-bond donors (Lipinski definition) is 0. The molecule has 0 radical (unpaired) electrons. The second-order valence-electron chi connectivity index (χ2n) is 4.22. The van der Waals surface area contributed by atoms with Crippen LogP contribution in [0.3, 0.4) is 0 Å². The summed E-state index contributed by atoms with van der Waals surface area (Å²) < 4.78 is 27.9. The first-order valence-corrected chi connectivity index (χ1v) is 6.89.